The molecule has 3 aliphatic rings. The van der Waals surface area contributed by atoms with Gasteiger partial charge in [0.05, 0.1) is 0 Å². The largest absolute Gasteiger partial charge is 0.492 e. The zero-order chi connectivity index (χ0) is 25.9. The second-order valence-corrected chi connectivity index (χ2v) is 11.2. The molecule has 0 radical (unpaired) electrons. The number of hydrogen-bond acceptors (Lipinski definition) is 4. The minimum Gasteiger partial charge on any atom is -0.492 e. The van der Waals surface area contributed by atoms with E-state index in [-0.39, 0.29) is 11.3 Å². The molecule has 1 N–H and O–H groups in total. The Kier molecular flexibility index (Phi) is 7.60. The van der Waals surface area contributed by atoms with E-state index in [9.17, 15) is 9.90 Å². The van der Waals surface area contributed by atoms with Gasteiger partial charge in [-0.3, -0.25) is 9.69 Å². The van der Waals surface area contributed by atoms with Crippen molar-refractivity contribution in [3.05, 3.63) is 65.2 Å². The molecule has 0 bridgehead atoms. The molecule has 1 heterocycles. The van der Waals surface area contributed by atoms with E-state index in [1.165, 1.54) is 16.7 Å². The van der Waals surface area contributed by atoms with Gasteiger partial charge < -0.3 is 14.7 Å². The Hall–Kier alpha value is -2.81. The van der Waals surface area contributed by atoms with Crippen molar-refractivity contribution in [1.82, 2.24) is 9.80 Å². The summed E-state index contributed by atoms with van der Waals surface area (Å²) in [6.45, 7) is 8.42. The average Bonchev–Trinajstić information content (AvgIpc) is 2.90. The zero-order valence-corrected chi connectivity index (χ0v) is 22.3. The predicted molar refractivity (Wildman–Crippen MR) is 147 cm³/mol. The summed E-state index contributed by atoms with van der Waals surface area (Å²) in [6, 6.07) is 17.5. The number of carbonyl (C=O) groups excluding carboxylic acids is 1. The van der Waals surface area contributed by atoms with E-state index in [0.29, 0.717) is 18.9 Å². The lowest BCUT2D eigenvalue weighted by Gasteiger charge is -2.52. The van der Waals surface area contributed by atoms with Crippen LogP contribution < -0.4 is 4.74 Å². The fraction of sp³-hybridized carbons (Fsp3) is 0.531. The number of piperazine rings is 1. The normalized spacial score (nSPS) is 27.4. The number of rotatable bonds is 6. The Bertz CT molecular complexity index is 1160. The summed E-state index contributed by atoms with van der Waals surface area (Å²) in [5, 5.41) is 11.2. The van der Waals surface area contributed by atoms with Crippen LogP contribution in [0.25, 0.3) is 0 Å². The minimum absolute atomic E-state index is 0.0194. The molecule has 196 valence electrons. The van der Waals surface area contributed by atoms with Gasteiger partial charge in [0.1, 0.15) is 18.0 Å². The fourth-order valence-electron chi connectivity index (χ4n) is 6.97. The number of nitrogens with zero attached hydrogens (tertiary/aromatic N) is 2. The number of fused-ring (bicyclic) bond motifs is 3. The van der Waals surface area contributed by atoms with Crippen molar-refractivity contribution >= 4 is 5.91 Å². The average molecular weight is 501 g/mol. The first-order chi connectivity index (χ1) is 17.9. The van der Waals surface area contributed by atoms with Gasteiger partial charge in [-0.2, -0.15) is 0 Å². The molecule has 2 aromatic rings. The van der Waals surface area contributed by atoms with E-state index >= 15 is 0 Å². The molecule has 2 fully saturated rings. The van der Waals surface area contributed by atoms with Gasteiger partial charge in [0.25, 0.3) is 0 Å². The Morgan fingerprint density at radius 3 is 2.62 bits per heavy atom. The molecule has 0 unspecified atom stereocenters. The van der Waals surface area contributed by atoms with Gasteiger partial charge in [-0.15, -0.1) is 5.92 Å². The van der Waals surface area contributed by atoms with Crippen molar-refractivity contribution < 1.29 is 14.6 Å². The molecule has 2 aromatic carbocycles. The first kappa shape index (κ1) is 25.8. The molecular formula is C32H40N2O3. The molecule has 2 aliphatic carbocycles. The van der Waals surface area contributed by atoms with Crippen molar-refractivity contribution in [2.24, 2.45) is 5.92 Å². The molecule has 1 amide bonds. The Morgan fingerprint density at radius 2 is 1.89 bits per heavy atom. The highest BCUT2D eigenvalue weighted by Gasteiger charge is 2.51. The van der Waals surface area contributed by atoms with E-state index < -0.39 is 5.60 Å². The van der Waals surface area contributed by atoms with E-state index in [0.717, 1.165) is 70.6 Å². The van der Waals surface area contributed by atoms with Crippen molar-refractivity contribution in [3.8, 4) is 17.6 Å². The minimum atomic E-state index is -0.865. The van der Waals surface area contributed by atoms with Crippen LogP contribution in [0.4, 0.5) is 0 Å². The molecular weight excluding hydrogens is 460 g/mol. The van der Waals surface area contributed by atoms with Crippen molar-refractivity contribution in [2.45, 2.75) is 63.4 Å². The van der Waals surface area contributed by atoms with Gasteiger partial charge in [0.15, 0.2) is 0 Å². The van der Waals surface area contributed by atoms with E-state index in [1.54, 1.807) is 6.92 Å². The monoisotopic (exact) mass is 500 g/mol. The van der Waals surface area contributed by atoms with E-state index in [4.69, 9.17) is 4.74 Å². The second-order valence-electron chi connectivity index (χ2n) is 11.2. The third kappa shape index (κ3) is 5.56. The van der Waals surface area contributed by atoms with Gasteiger partial charge >= 0.3 is 0 Å². The third-order valence-electron chi connectivity index (χ3n) is 8.94. The Labute approximate surface area is 221 Å². The maximum absolute atomic E-state index is 11.6. The van der Waals surface area contributed by atoms with Crippen LogP contribution >= 0.6 is 0 Å². The topological polar surface area (TPSA) is 53.0 Å². The zero-order valence-electron chi connectivity index (χ0n) is 22.3. The highest BCUT2D eigenvalue weighted by molar-refractivity contribution is 5.73. The molecule has 0 aromatic heterocycles. The van der Waals surface area contributed by atoms with Gasteiger partial charge in [0.2, 0.25) is 5.91 Å². The van der Waals surface area contributed by atoms with Crippen LogP contribution in [0.3, 0.4) is 0 Å². The number of hydrogen-bond donors (Lipinski definition) is 1. The summed E-state index contributed by atoms with van der Waals surface area (Å²) in [7, 11) is 0. The van der Waals surface area contributed by atoms with Crippen LogP contribution in [0.5, 0.6) is 5.75 Å². The van der Waals surface area contributed by atoms with Crippen LogP contribution in [-0.2, 0) is 23.1 Å². The van der Waals surface area contributed by atoms with E-state index in [2.05, 4.69) is 65.3 Å². The lowest BCUT2D eigenvalue weighted by molar-refractivity contribution is -0.130. The van der Waals surface area contributed by atoms with Gasteiger partial charge in [-0.25, -0.2) is 0 Å². The van der Waals surface area contributed by atoms with E-state index in [1.807, 2.05) is 11.8 Å². The molecule has 5 nitrogen and oxygen atoms in total. The number of carbonyl (C=O) groups is 1. The maximum atomic E-state index is 11.6. The smallest absolute Gasteiger partial charge is 0.219 e. The first-order valence-corrected chi connectivity index (χ1v) is 13.9. The molecule has 5 heteroatoms. The predicted octanol–water partition coefficient (Wildman–Crippen LogP) is 4.21. The van der Waals surface area contributed by atoms with Crippen molar-refractivity contribution in [2.75, 3.05) is 39.3 Å². The van der Waals surface area contributed by atoms with Crippen LogP contribution in [0.2, 0.25) is 0 Å². The molecule has 5 rings (SSSR count). The standard InChI is InChI=1S/C32H40N2O3/c1-3-13-31(36)14-15-32(23-26-7-5-4-6-8-26)28(24-31)10-9-27-22-29(11-12-30(27)32)37-21-20-33-16-18-34(19-17-33)25(2)35/h4-8,11-12,22,28,36H,9-10,14-21,23-24H2,1-2H3/t28-,31-,32+/m1/s1. The molecule has 3 atom stereocenters. The summed E-state index contributed by atoms with van der Waals surface area (Å²) >= 11 is 0. The molecule has 0 spiro atoms. The van der Waals surface area contributed by atoms with Crippen molar-refractivity contribution in [3.63, 3.8) is 0 Å². The van der Waals surface area contributed by atoms with Crippen LogP contribution in [0.15, 0.2) is 48.5 Å². The van der Waals surface area contributed by atoms with Gasteiger partial charge in [-0.05, 0) is 80.2 Å². The SMILES string of the molecule is CC#C[C@@]1(O)CC[C@@]2(Cc3ccccc3)c3ccc(OCCN4CCN(C(C)=O)CC4)cc3CC[C@@H]2C1. The molecule has 1 saturated carbocycles. The quantitative estimate of drug-likeness (QED) is 0.604. The number of aryl methyl sites for hydroxylation is 1. The molecule has 1 aliphatic heterocycles. The summed E-state index contributed by atoms with van der Waals surface area (Å²) in [5.41, 5.74) is 3.35. The Morgan fingerprint density at radius 1 is 1.11 bits per heavy atom. The molecule has 1 saturated heterocycles. The Balaban J connectivity index is 1.31. The number of aliphatic hydroxyl groups is 1. The van der Waals surface area contributed by atoms with Crippen LogP contribution in [-0.4, -0.2) is 65.7 Å². The highest BCUT2D eigenvalue weighted by Crippen LogP contribution is 2.54. The number of ether oxygens (including phenoxy) is 1. The van der Waals surface area contributed by atoms with Gasteiger partial charge in [-0.1, -0.05) is 42.3 Å². The third-order valence-corrected chi connectivity index (χ3v) is 8.94. The maximum Gasteiger partial charge on any atom is 0.219 e. The lowest BCUT2D eigenvalue weighted by atomic mass is 9.52. The summed E-state index contributed by atoms with van der Waals surface area (Å²) in [4.78, 5) is 15.9. The summed E-state index contributed by atoms with van der Waals surface area (Å²) in [6.07, 6.45) is 5.47. The second kappa shape index (κ2) is 10.9. The van der Waals surface area contributed by atoms with Crippen LogP contribution in [0, 0.1) is 17.8 Å². The van der Waals surface area contributed by atoms with Crippen LogP contribution in [0.1, 0.15) is 56.2 Å². The summed E-state index contributed by atoms with van der Waals surface area (Å²) in [5.74, 6) is 7.61. The lowest BCUT2D eigenvalue weighted by Crippen LogP contribution is -2.50. The highest BCUT2D eigenvalue weighted by atomic mass is 16.5. The number of benzene rings is 2. The first-order valence-electron chi connectivity index (χ1n) is 13.9. The molecule has 37 heavy (non-hydrogen) atoms. The number of amides is 1. The van der Waals surface area contributed by atoms with Gasteiger partial charge in [0, 0.05) is 45.1 Å². The van der Waals surface area contributed by atoms with Crippen molar-refractivity contribution in [1.29, 1.82) is 0 Å². The fourth-order valence-corrected chi connectivity index (χ4v) is 6.97. The summed E-state index contributed by atoms with van der Waals surface area (Å²) < 4.78 is 6.22.